The van der Waals surface area contributed by atoms with E-state index in [1.165, 1.54) is 43.5 Å². The molecule has 1 aliphatic heterocycles. The lowest BCUT2D eigenvalue weighted by Crippen LogP contribution is -2.36. The molecule has 1 nitrogen and oxygen atoms in total. The van der Waals surface area contributed by atoms with Gasteiger partial charge >= 0.3 is 0 Å². The van der Waals surface area contributed by atoms with E-state index in [4.69, 9.17) is 0 Å². The van der Waals surface area contributed by atoms with Gasteiger partial charge in [-0.25, -0.2) is 0 Å². The maximum Gasteiger partial charge on any atom is 0.0255 e. The first-order valence-electron chi connectivity index (χ1n) is 6.75. The summed E-state index contributed by atoms with van der Waals surface area (Å²) in [6.45, 7) is 7.06. The van der Waals surface area contributed by atoms with E-state index in [2.05, 4.69) is 55.2 Å². The third-order valence-electron chi connectivity index (χ3n) is 3.69. The van der Waals surface area contributed by atoms with E-state index in [9.17, 15) is 0 Å². The van der Waals surface area contributed by atoms with Crippen molar-refractivity contribution in [3.8, 4) is 0 Å². The van der Waals surface area contributed by atoms with Gasteiger partial charge in [0.15, 0.2) is 0 Å². The molecule has 17 heavy (non-hydrogen) atoms. The first-order chi connectivity index (χ1) is 8.27. The highest BCUT2D eigenvalue weighted by Crippen LogP contribution is 2.18. The summed E-state index contributed by atoms with van der Waals surface area (Å²) in [6.07, 6.45) is 6.54. The Bertz CT molecular complexity index is 360. The van der Waals surface area contributed by atoms with E-state index in [0.717, 1.165) is 0 Å². The average Bonchev–Trinajstić information content (AvgIpc) is 2.40. The van der Waals surface area contributed by atoms with Crippen LogP contribution in [0.1, 0.15) is 38.7 Å². The predicted octanol–water partition coefficient (Wildman–Crippen LogP) is 3.96. The topological polar surface area (TPSA) is 3.24 Å². The Labute approximate surface area is 105 Å². The number of hydrogen-bond acceptors (Lipinski definition) is 1. The first-order valence-corrected chi connectivity index (χ1v) is 6.75. The highest BCUT2D eigenvalue weighted by atomic mass is 15.1. The van der Waals surface area contributed by atoms with Crippen molar-refractivity contribution in [2.75, 3.05) is 13.1 Å². The molecule has 0 amide bonds. The largest absolute Gasteiger partial charge is 0.297 e. The molecule has 0 N–H and O–H groups in total. The number of rotatable bonds is 3. The number of likely N-dealkylation sites (tertiary alicyclic amines) is 1. The molecule has 1 heteroatoms. The standard InChI is InChI=1S/C16H23N/c1-14(16-9-5-3-6-10-16)13-15(2)17-11-7-4-8-12-17/h3,5-6,9-10,13,15H,4,7-8,11-12H2,1-2H3/b14-13-. The Morgan fingerprint density at radius 2 is 1.76 bits per heavy atom. The molecule has 0 bridgehead atoms. The van der Waals surface area contributed by atoms with Crippen molar-refractivity contribution < 1.29 is 0 Å². The molecule has 1 fully saturated rings. The van der Waals surface area contributed by atoms with Gasteiger partial charge in [0, 0.05) is 6.04 Å². The maximum atomic E-state index is 2.59. The minimum Gasteiger partial charge on any atom is -0.297 e. The minimum atomic E-state index is 0.565. The normalized spacial score (nSPS) is 20.2. The van der Waals surface area contributed by atoms with Crippen LogP contribution in [0.15, 0.2) is 36.4 Å². The van der Waals surface area contributed by atoms with E-state index in [1.54, 1.807) is 0 Å². The highest BCUT2D eigenvalue weighted by Gasteiger charge is 2.14. The molecule has 1 atom stereocenters. The van der Waals surface area contributed by atoms with Crippen LogP contribution in [-0.4, -0.2) is 24.0 Å². The van der Waals surface area contributed by atoms with Gasteiger partial charge in [-0.1, -0.05) is 42.8 Å². The zero-order chi connectivity index (χ0) is 12.1. The minimum absolute atomic E-state index is 0.565. The zero-order valence-corrected chi connectivity index (χ0v) is 11.0. The molecule has 0 spiro atoms. The van der Waals surface area contributed by atoms with Crippen molar-refractivity contribution in [1.82, 2.24) is 4.90 Å². The lowest BCUT2D eigenvalue weighted by atomic mass is 10.0. The maximum absolute atomic E-state index is 2.59. The van der Waals surface area contributed by atoms with Crippen molar-refractivity contribution in [1.29, 1.82) is 0 Å². The fraction of sp³-hybridized carbons (Fsp3) is 0.500. The Morgan fingerprint density at radius 1 is 1.12 bits per heavy atom. The third-order valence-corrected chi connectivity index (χ3v) is 3.69. The van der Waals surface area contributed by atoms with Crippen molar-refractivity contribution in [3.63, 3.8) is 0 Å². The molecule has 0 aliphatic carbocycles. The van der Waals surface area contributed by atoms with Gasteiger partial charge in [0.1, 0.15) is 0 Å². The third kappa shape index (κ3) is 3.44. The number of piperidine rings is 1. The summed E-state index contributed by atoms with van der Waals surface area (Å²) < 4.78 is 0. The molecular weight excluding hydrogens is 206 g/mol. The summed E-state index contributed by atoms with van der Waals surface area (Å²) >= 11 is 0. The fourth-order valence-electron chi connectivity index (χ4n) is 2.59. The van der Waals surface area contributed by atoms with Crippen molar-refractivity contribution in [2.45, 2.75) is 39.2 Å². The molecule has 0 aromatic heterocycles. The van der Waals surface area contributed by atoms with Gasteiger partial charge in [0.25, 0.3) is 0 Å². The van der Waals surface area contributed by atoms with Crippen LogP contribution < -0.4 is 0 Å². The molecule has 1 heterocycles. The van der Waals surface area contributed by atoms with Crippen molar-refractivity contribution >= 4 is 5.57 Å². The number of hydrogen-bond donors (Lipinski definition) is 0. The van der Waals surface area contributed by atoms with Crippen LogP contribution in [0.4, 0.5) is 0 Å². The van der Waals surface area contributed by atoms with E-state index < -0.39 is 0 Å². The molecule has 1 unspecified atom stereocenters. The van der Waals surface area contributed by atoms with E-state index in [0.29, 0.717) is 6.04 Å². The van der Waals surface area contributed by atoms with Crippen LogP contribution in [0.25, 0.3) is 5.57 Å². The summed E-state index contributed by atoms with van der Waals surface area (Å²) in [7, 11) is 0. The van der Waals surface area contributed by atoms with Gasteiger partial charge in [-0.15, -0.1) is 0 Å². The van der Waals surface area contributed by atoms with E-state index in [1.807, 2.05) is 0 Å². The second-order valence-corrected chi connectivity index (χ2v) is 5.05. The van der Waals surface area contributed by atoms with Crippen LogP contribution >= 0.6 is 0 Å². The van der Waals surface area contributed by atoms with Crippen LogP contribution in [0.2, 0.25) is 0 Å². The van der Waals surface area contributed by atoms with E-state index in [-0.39, 0.29) is 0 Å². The predicted molar refractivity (Wildman–Crippen MR) is 75.0 cm³/mol. The quantitative estimate of drug-likeness (QED) is 0.758. The molecule has 1 aromatic rings. The highest BCUT2D eigenvalue weighted by molar-refractivity contribution is 5.63. The SMILES string of the molecule is C/C(=C/C(C)N1CCCCC1)c1ccccc1. The summed E-state index contributed by atoms with van der Waals surface area (Å²) in [5.74, 6) is 0. The fourth-order valence-corrected chi connectivity index (χ4v) is 2.59. The number of allylic oxidation sites excluding steroid dienone is 1. The molecule has 2 rings (SSSR count). The molecule has 0 saturated carbocycles. The van der Waals surface area contributed by atoms with Gasteiger partial charge in [-0.05, 0) is 50.9 Å². The lowest BCUT2D eigenvalue weighted by molar-refractivity contribution is 0.201. The van der Waals surface area contributed by atoms with E-state index >= 15 is 0 Å². The smallest absolute Gasteiger partial charge is 0.0255 e. The summed E-state index contributed by atoms with van der Waals surface area (Å²) in [6, 6.07) is 11.2. The lowest BCUT2D eigenvalue weighted by Gasteiger charge is -2.31. The molecular formula is C16H23N. The van der Waals surface area contributed by atoms with Crippen LogP contribution in [-0.2, 0) is 0 Å². The van der Waals surface area contributed by atoms with Crippen molar-refractivity contribution in [3.05, 3.63) is 42.0 Å². The Kier molecular flexibility index (Phi) is 4.38. The summed E-state index contributed by atoms with van der Waals surface area (Å²) in [5.41, 5.74) is 2.74. The number of nitrogens with zero attached hydrogens (tertiary/aromatic N) is 1. The Balaban J connectivity index is 2.02. The molecule has 1 aliphatic rings. The first kappa shape index (κ1) is 12.4. The average molecular weight is 229 g/mol. The molecule has 1 saturated heterocycles. The van der Waals surface area contributed by atoms with Gasteiger partial charge in [0.05, 0.1) is 0 Å². The molecule has 92 valence electrons. The van der Waals surface area contributed by atoms with Crippen LogP contribution in [0.5, 0.6) is 0 Å². The zero-order valence-electron chi connectivity index (χ0n) is 11.0. The summed E-state index contributed by atoms with van der Waals surface area (Å²) in [4.78, 5) is 2.59. The van der Waals surface area contributed by atoms with Gasteiger partial charge < -0.3 is 0 Å². The Hall–Kier alpha value is -1.08. The monoisotopic (exact) mass is 229 g/mol. The molecule has 0 radical (unpaired) electrons. The van der Waals surface area contributed by atoms with Crippen LogP contribution in [0.3, 0.4) is 0 Å². The second-order valence-electron chi connectivity index (χ2n) is 5.05. The van der Waals surface area contributed by atoms with Gasteiger partial charge in [-0.2, -0.15) is 0 Å². The van der Waals surface area contributed by atoms with Crippen molar-refractivity contribution in [2.24, 2.45) is 0 Å². The van der Waals surface area contributed by atoms with Crippen LogP contribution in [0, 0.1) is 0 Å². The van der Waals surface area contributed by atoms with Gasteiger partial charge in [-0.3, -0.25) is 4.90 Å². The van der Waals surface area contributed by atoms with Gasteiger partial charge in [0.2, 0.25) is 0 Å². The molecule has 1 aromatic carbocycles. The summed E-state index contributed by atoms with van der Waals surface area (Å²) in [5, 5.41) is 0. The number of benzene rings is 1. The second kappa shape index (κ2) is 6.02. The Morgan fingerprint density at radius 3 is 2.41 bits per heavy atom.